The highest BCUT2D eigenvalue weighted by Gasteiger charge is 2.35. The number of benzene rings is 2. The second-order valence-electron chi connectivity index (χ2n) is 7.65. The molecule has 1 N–H and O–H groups in total. The molecule has 2 aliphatic rings. The van der Waals surface area contributed by atoms with Gasteiger partial charge in [0.1, 0.15) is 11.4 Å². The molecule has 0 aliphatic carbocycles. The number of halogens is 1. The lowest BCUT2D eigenvalue weighted by Gasteiger charge is -2.30. The van der Waals surface area contributed by atoms with Crippen LogP contribution in [0.25, 0.3) is 6.08 Å². The Morgan fingerprint density at radius 2 is 1.80 bits per heavy atom. The maximum Gasteiger partial charge on any atom is 0.270 e. The van der Waals surface area contributed by atoms with Crippen molar-refractivity contribution in [3.05, 3.63) is 64.5 Å². The fourth-order valence-electron chi connectivity index (χ4n) is 3.89. The van der Waals surface area contributed by atoms with Crippen LogP contribution in [0.4, 0.5) is 15.8 Å². The standard InChI is InChI=1S/C23H22FN3O2S/c1-14-5-8-20(15(2)11-14)27-22(29)18(21(28)25-23(27)30)12-16-6-7-17(13-19(16)24)26-9-3-4-10-26/h5-8,11-13H,3-4,9-10H2,1-2H3,(H,25,28,30)/b18-12+. The summed E-state index contributed by atoms with van der Waals surface area (Å²) < 4.78 is 14.8. The number of carbonyl (C=O) groups excluding carboxylic acids is 2. The van der Waals surface area contributed by atoms with Crippen LogP contribution in [0.2, 0.25) is 0 Å². The van der Waals surface area contributed by atoms with E-state index >= 15 is 0 Å². The normalized spacial score (nSPS) is 18.4. The van der Waals surface area contributed by atoms with Crippen LogP contribution >= 0.6 is 12.2 Å². The Kier molecular flexibility index (Phi) is 5.39. The fraction of sp³-hybridized carbons (Fsp3) is 0.261. The monoisotopic (exact) mass is 423 g/mol. The molecule has 2 heterocycles. The van der Waals surface area contributed by atoms with Gasteiger partial charge in [0.05, 0.1) is 5.69 Å². The summed E-state index contributed by atoms with van der Waals surface area (Å²) in [6.07, 6.45) is 3.48. The van der Waals surface area contributed by atoms with E-state index in [9.17, 15) is 14.0 Å². The summed E-state index contributed by atoms with van der Waals surface area (Å²) in [5.41, 5.74) is 3.33. The minimum Gasteiger partial charge on any atom is -0.371 e. The Labute approximate surface area is 180 Å². The first-order chi connectivity index (χ1) is 14.3. The molecular weight excluding hydrogens is 401 g/mol. The zero-order valence-electron chi connectivity index (χ0n) is 16.9. The summed E-state index contributed by atoms with van der Waals surface area (Å²) in [7, 11) is 0. The second kappa shape index (κ2) is 7.99. The molecule has 0 bridgehead atoms. The van der Waals surface area contributed by atoms with E-state index in [2.05, 4.69) is 10.2 Å². The van der Waals surface area contributed by atoms with Crippen molar-refractivity contribution in [1.29, 1.82) is 0 Å². The van der Waals surface area contributed by atoms with Gasteiger partial charge < -0.3 is 4.90 Å². The van der Waals surface area contributed by atoms with Crippen molar-refractivity contribution in [1.82, 2.24) is 5.32 Å². The van der Waals surface area contributed by atoms with Crippen LogP contribution in [0.1, 0.15) is 29.5 Å². The lowest BCUT2D eigenvalue weighted by Crippen LogP contribution is -2.54. The van der Waals surface area contributed by atoms with E-state index < -0.39 is 17.6 Å². The molecule has 2 aromatic rings. The van der Waals surface area contributed by atoms with Crippen molar-refractivity contribution in [2.75, 3.05) is 22.9 Å². The number of anilines is 2. The summed E-state index contributed by atoms with van der Waals surface area (Å²) in [6, 6.07) is 10.5. The van der Waals surface area contributed by atoms with Gasteiger partial charge in [-0.3, -0.25) is 19.8 Å². The number of amides is 2. The molecule has 30 heavy (non-hydrogen) atoms. The van der Waals surface area contributed by atoms with Gasteiger partial charge in [0.15, 0.2) is 5.11 Å². The Bertz CT molecular complexity index is 1090. The van der Waals surface area contributed by atoms with Gasteiger partial charge in [-0.05, 0) is 74.8 Å². The predicted octanol–water partition coefficient (Wildman–Crippen LogP) is 3.87. The largest absolute Gasteiger partial charge is 0.371 e. The minimum absolute atomic E-state index is 0.0129. The molecule has 2 aliphatic heterocycles. The molecule has 4 rings (SSSR count). The van der Waals surface area contributed by atoms with Crippen molar-refractivity contribution in [3.63, 3.8) is 0 Å². The summed E-state index contributed by atoms with van der Waals surface area (Å²) in [5, 5.41) is 2.56. The Morgan fingerprint density at radius 1 is 1.07 bits per heavy atom. The highest BCUT2D eigenvalue weighted by atomic mass is 32.1. The van der Waals surface area contributed by atoms with Crippen molar-refractivity contribution in [3.8, 4) is 0 Å². The molecule has 2 fully saturated rings. The maximum atomic E-state index is 14.8. The van der Waals surface area contributed by atoms with Crippen molar-refractivity contribution < 1.29 is 14.0 Å². The van der Waals surface area contributed by atoms with Gasteiger partial charge in [-0.15, -0.1) is 0 Å². The van der Waals surface area contributed by atoms with Crippen LogP contribution in [0.5, 0.6) is 0 Å². The van der Waals surface area contributed by atoms with E-state index in [0.717, 1.165) is 42.7 Å². The molecule has 154 valence electrons. The van der Waals surface area contributed by atoms with Gasteiger partial charge in [0, 0.05) is 24.3 Å². The van der Waals surface area contributed by atoms with E-state index in [0.29, 0.717) is 5.69 Å². The highest BCUT2D eigenvalue weighted by molar-refractivity contribution is 7.80. The first kappa shape index (κ1) is 20.2. The number of hydrogen-bond acceptors (Lipinski definition) is 4. The van der Waals surface area contributed by atoms with E-state index in [1.54, 1.807) is 12.1 Å². The van der Waals surface area contributed by atoms with Crippen LogP contribution in [0, 0.1) is 19.7 Å². The highest BCUT2D eigenvalue weighted by Crippen LogP contribution is 2.28. The molecule has 0 aromatic heterocycles. The van der Waals surface area contributed by atoms with Crippen LogP contribution in [-0.4, -0.2) is 30.0 Å². The lowest BCUT2D eigenvalue weighted by molar-refractivity contribution is -0.122. The van der Waals surface area contributed by atoms with Crippen molar-refractivity contribution in [2.45, 2.75) is 26.7 Å². The van der Waals surface area contributed by atoms with Gasteiger partial charge in [0.25, 0.3) is 11.8 Å². The zero-order chi connectivity index (χ0) is 21.4. The number of carbonyl (C=O) groups is 2. The molecule has 0 atom stereocenters. The van der Waals surface area contributed by atoms with Crippen LogP contribution in [0.15, 0.2) is 42.0 Å². The van der Waals surface area contributed by atoms with E-state index in [4.69, 9.17) is 12.2 Å². The SMILES string of the molecule is Cc1ccc(N2C(=O)/C(=C/c3ccc(N4CCCC4)cc3F)C(=O)NC2=S)c(C)c1. The van der Waals surface area contributed by atoms with Crippen LogP contribution < -0.4 is 15.1 Å². The summed E-state index contributed by atoms with van der Waals surface area (Å²) in [5.74, 6) is -1.67. The zero-order valence-corrected chi connectivity index (χ0v) is 17.7. The number of nitrogens with zero attached hydrogens (tertiary/aromatic N) is 2. The smallest absolute Gasteiger partial charge is 0.270 e. The first-order valence-corrected chi connectivity index (χ1v) is 10.3. The van der Waals surface area contributed by atoms with Crippen molar-refractivity contribution >= 4 is 46.6 Å². The number of hydrogen-bond donors (Lipinski definition) is 1. The molecule has 0 radical (unpaired) electrons. The Hall–Kier alpha value is -3.06. The Balaban J connectivity index is 1.69. The third-order valence-electron chi connectivity index (χ3n) is 5.45. The van der Waals surface area contributed by atoms with Gasteiger partial charge in [-0.2, -0.15) is 0 Å². The van der Waals surface area contributed by atoms with Gasteiger partial charge >= 0.3 is 0 Å². The number of rotatable bonds is 3. The quantitative estimate of drug-likeness (QED) is 0.463. The van der Waals surface area contributed by atoms with E-state index in [1.807, 2.05) is 32.0 Å². The van der Waals surface area contributed by atoms with Gasteiger partial charge in [-0.25, -0.2) is 4.39 Å². The average molecular weight is 424 g/mol. The fourth-order valence-corrected chi connectivity index (χ4v) is 4.17. The molecule has 0 unspecified atom stereocenters. The molecule has 2 amide bonds. The van der Waals surface area contributed by atoms with E-state index in [1.165, 1.54) is 17.0 Å². The summed E-state index contributed by atoms with van der Waals surface area (Å²) in [6.45, 7) is 5.63. The van der Waals surface area contributed by atoms with Crippen LogP contribution in [0.3, 0.4) is 0 Å². The summed E-state index contributed by atoms with van der Waals surface area (Å²) >= 11 is 5.24. The van der Waals surface area contributed by atoms with Crippen molar-refractivity contribution in [2.24, 2.45) is 0 Å². The minimum atomic E-state index is -0.631. The first-order valence-electron chi connectivity index (χ1n) is 9.88. The third-order valence-corrected chi connectivity index (χ3v) is 5.73. The predicted molar refractivity (Wildman–Crippen MR) is 120 cm³/mol. The Morgan fingerprint density at radius 3 is 2.47 bits per heavy atom. The molecule has 2 aromatic carbocycles. The number of thiocarbonyl (C=S) groups is 1. The molecule has 5 nitrogen and oxygen atoms in total. The molecule has 0 spiro atoms. The van der Waals surface area contributed by atoms with Gasteiger partial charge in [0.2, 0.25) is 0 Å². The second-order valence-corrected chi connectivity index (χ2v) is 8.03. The maximum absolute atomic E-state index is 14.8. The van der Waals surface area contributed by atoms with Crippen LogP contribution in [-0.2, 0) is 9.59 Å². The number of nitrogens with one attached hydrogen (secondary N) is 1. The third kappa shape index (κ3) is 3.73. The average Bonchev–Trinajstić information content (AvgIpc) is 3.22. The summed E-state index contributed by atoms with van der Waals surface area (Å²) in [4.78, 5) is 29.0. The topological polar surface area (TPSA) is 52.7 Å². The van der Waals surface area contributed by atoms with Gasteiger partial charge in [-0.1, -0.05) is 17.7 Å². The number of aryl methyl sites for hydroxylation is 2. The lowest BCUT2D eigenvalue weighted by atomic mass is 10.0. The molecule has 0 saturated carbocycles. The molecule has 7 heteroatoms. The van der Waals surface area contributed by atoms with E-state index in [-0.39, 0.29) is 16.2 Å². The molecular formula is C23H22FN3O2S. The molecule has 2 saturated heterocycles.